The normalized spacial score (nSPS) is 11.6. The summed E-state index contributed by atoms with van der Waals surface area (Å²) in [4.78, 5) is 20.3. The maximum absolute atomic E-state index is 12.9. The first-order valence-electron chi connectivity index (χ1n) is 9.01. The molecule has 29 heavy (non-hydrogen) atoms. The van der Waals surface area contributed by atoms with Crippen molar-refractivity contribution in [1.82, 2.24) is 19.9 Å². The third kappa shape index (κ3) is 5.20. The highest BCUT2D eigenvalue weighted by molar-refractivity contribution is 7.99. The monoisotopic (exact) mass is 423 g/mol. The number of fused-ring (bicyclic) bond motifs is 1. The number of amides is 1. The van der Waals surface area contributed by atoms with E-state index in [1.807, 2.05) is 35.8 Å². The molecule has 0 aliphatic heterocycles. The molecule has 0 radical (unpaired) electrons. The van der Waals surface area contributed by atoms with Crippen LogP contribution in [0.4, 0.5) is 19.0 Å². The fraction of sp³-hybridized carbons (Fsp3) is 0.316. The lowest BCUT2D eigenvalue weighted by molar-refractivity contribution is -0.137. The molecule has 3 aromatic rings. The van der Waals surface area contributed by atoms with Crippen LogP contribution < -0.4 is 10.6 Å². The van der Waals surface area contributed by atoms with E-state index in [1.54, 1.807) is 0 Å². The predicted octanol–water partition coefficient (Wildman–Crippen LogP) is 3.79. The number of hydrogen-bond donors (Lipinski definition) is 2. The summed E-state index contributed by atoms with van der Waals surface area (Å²) in [7, 11) is 0. The zero-order chi connectivity index (χ0) is 20.9. The van der Waals surface area contributed by atoms with Gasteiger partial charge in [0, 0.05) is 25.8 Å². The van der Waals surface area contributed by atoms with Gasteiger partial charge in [0.2, 0.25) is 5.91 Å². The highest BCUT2D eigenvalue weighted by Crippen LogP contribution is 2.33. The Kier molecular flexibility index (Phi) is 6.63. The van der Waals surface area contributed by atoms with Crippen LogP contribution in [0.25, 0.3) is 11.0 Å². The zero-order valence-electron chi connectivity index (χ0n) is 15.7. The molecule has 0 aliphatic rings. The molecular weight excluding hydrogens is 403 g/mol. The number of rotatable bonds is 8. The largest absolute Gasteiger partial charge is 0.419 e. The molecule has 0 saturated carbocycles. The van der Waals surface area contributed by atoms with Crippen molar-refractivity contribution in [1.29, 1.82) is 0 Å². The van der Waals surface area contributed by atoms with Crippen LogP contribution in [0.5, 0.6) is 0 Å². The number of halogens is 3. The van der Waals surface area contributed by atoms with E-state index in [2.05, 4.69) is 20.6 Å². The van der Waals surface area contributed by atoms with Gasteiger partial charge in [-0.25, -0.2) is 9.97 Å². The number of imidazole rings is 1. The average molecular weight is 423 g/mol. The Morgan fingerprint density at radius 3 is 2.72 bits per heavy atom. The van der Waals surface area contributed by atoms with Gasteiger partial charge in [-0.3, -0.25) is 4.79 Å². The number of hydrogen-bond acceptors (Lipinski definition) is 5. The first-order chi connectivity index (χ1) is 13.9. The van der Waals surface area contributed by atoms with Crippen molar-refractivity contribution in [2.75, 3.05) is 24.2 Å². The topological polar surface area (TPSA) is 71.8 Å². The molecular formula is C19H20F3N5OS. The first kappa shape index (κ1) is 21.0. The number of thioether (sulfide) groups is 1. The number of alkyl halides is 3. The molecule has 154 valence electrons. The minimum Gasteiger partial charge on any atom is -0.368 e. The summed E-state index contributed by atoms with van der Waals surface area (Å²) in [5, 5.41) is 6.06. The van der Waals surface area contributed by atoms with Crippen molar-refractivity contribution in [3.05, 3.63) is 48.2 Å². The molecule has 0 unspecified atom stereocenters. The number of carbonyl (C=O) groups excluding carboxylic acids is 1. The molecule has 3 rings (SSSR count). The molecule has 2 N–H and O–H groups in total. The Bertz CT molecular complexity index is 989. The number of nitrogens with zero attached hydrogens (tertiary/aromatic N) is 3. The summed E-state index contributed by atoms with van der Waals surface area (Å²) in [6.07, 6.45) is -3.20. The fourth-order valence-corrected chi connectivity index (χ4v) is 3.72. The van der Waals surface area contributed by atoms with Gasteiger partial charge in [0.05, 0.1) is 22.3 Å². The lowest BCUT2D eigenvalue weighted by atomic mass is 10.2. The van der Waals surface area contributed by atoms with Gasteiger partial charge in [0.25, 0.3) is 0 Å². The van der Waals surface area contributed by atoms with Crippen molar-refractivity contribution in [3.63, 3.8) is 0 Å². The highest BCUT2D eigenvalue weighted by atomic mass is 32.2. The third-order valence-corrected chi connectivity index (χ3v) is 5.10. The van der Waals surface area contributed by atoms with Gasteiger partial charge in [-0.1, -0.05) is 23.9 Å². The summed E-state index contributed by atoms with van der Waals surface area (Å²) in [6, 6.07) is 9.95. The number of para-hydroxylation sites is 2. The van der Waals surface area contributed by atoms with Crippen molar-refractivity contribution >= 4 is 34.5 Å². The van der Waals surface area contributed by atoms with Gasteiger partial charge >= 0.3 is 6.18 Å². The molecule has 0 saturated heterocycles. The highest BCUT2D eigenvalue weighted by Gasteiger charge is 2.33. The Morgan fingerprint density at radius 1 is 1.17 bits per heavy atom. The summed E-state index contributed by atoms with van der Waals surface area (Å²) in [5.41, 5.74) is 1.05. The van der Waals surface area contributed by atoms with Gasteiger partial charge in [-0.05, 0) is 31.2 Å². The average Bonchev–Trinajstić information content (AvgIpc) is 3.06. The summed E-state index contributed by atoms with van der Waals surface area (Å²) < 4.78 is 40.8. The standard InChI is InChI=1S/C19H20F3N5OS/c1-2-27-15-8-4-3-7-14(15)26-18(27)29-12-16(28)23-10-11-25-17-13(19(20,21)22)6-5-9-24-17/h3-9H,2,10-12H2,1H3,(H,23,28)(H,24,25). The molecule has 2 aromatic heterocycles. The van der Waals surface area contributed by atoms with Crippen LogP contribution in [0.2, 0.25) is 0 Å². The summed E-state index contributed by atoms with van der Waals surface area (Å²) >= 11 is 1.32. The minimum absolute atomic E-state index is 0.129. The summed E-state index contributed by atoms with van der Waals surface area (Å²) in [5.74, 6) is -0.301. The van der Waals surface area contributed by atoms with E-state index in [0.29, 0.717) is 0 Å². The van der Waals surface area contributed by atoms with Crippen LogP contribution in [0, 0.1) is 0 Å². The predicted molar refractivity (Wildman–Crippen MR) is 107 cm³/mol. The van der Waals surface area contributed by atoms with E-state index < -0.39 is 11.7 Å². The molecule has 0 aliphatic carbocycles. The molecule has 0 atom stereocenters. The van der Waals surface area contributed by atoms with E-state index in [0.717, 1.165) is 28.8 Å². The van der Waals surface area contributed by atoms with E-state index in [4.69, 9.17) is 0 Å². The number of aromatic nitrogens is 3. The second kappa shape index (κ2) is 9.17. The second-order valence-corrected chi connectivity index (χ2v) is 7.03. The number of benzene rings is 1. The molecule has 0 bridgehead atoms. The van der Waals surface area contributed by atoms with E-state index in [1.165, 1.54) is 24.0 Å². The third-order valence-electron chi connectivity index (χ3n) is 4.12. The molecule has 2 heterocycles. The van der Waals surface area contributed by atoms with Gasteiger partial charge in [-0.15, -0.1) is 0 Å². The van der Waals surface area contributed by atoms with Gasteiger partial charge in [0.15, 0.2) is 5.16 Å². The quantitative estimate of drug-likeness (QED) is 0.426. The molecule has 1 amide bonds. The van der Waals surface area contributed by atoms with E-state index >= 15 is 0 Å². The smallest absolute Gasteiger partial charge is 0.368 e. The van der Waals surface area contributed by atoms with Gasteiger partial charge in [0.1, 0.15) is 5.82 Å². The van der Waals surface area contributed by atoms with Crippen LogP contribution in [0.3, 0.4) is 0 Å². The molecule has 1 aromatic carbocycles. The van der Waals surface area contributed by atoms with Crippen molar-refractivity contribution < 1.29 is 18.0 Å². The number of aryl methyl sites for hydroxylation is 1. The van der Waals surface area contributed by atoms with Crippen LogP contribution in [0.15, 0.2) is 47.8 Å². The van der Waals surface area contributed by atoms with E-state index in [-0.39, 0.29) is 30.6 Å². The molecule has 0 fully saturated rings. The molecule has 6 nitrogen and oxygen atoms in total. The second-order valence-electron chi connectivity index (χ2n) is 6.09. The Hall–Kier alpha value is -2.75. The first-order valence-corrected chi connectivity index (χ1v) is 9.99. The van der Waals surface area contributed by atoms with Crippen molar-refractivity contribution in [3.8, 4) is 0 Å². The Morgan fingerprint density at radius 2 is 1.97 bits per heavy atom. The Balaban J connectivity index is 1.48. The van der Waals surface area contributed by atoms with Gasteiger partial charge < -0.3 is 15.2 Å². The van der Waals surface area contributed by atoms with Crippen molar-refractivity contribution in [2.24, 2.45) is 0 Å². The minimum atomic E-state index is -4.48. The van der Waals surface area contributed by atoms with E-state index in [9.17, 15) is 18.0 Å². The van der Waals surface area contributed by atoms with Crippen LogP contribution in [0.1, 0.15) is 12.5 Å². The SMILES string of the molecule is CCn1c(SCC(=O)NCCNc2ncccc2C(F)(F)F)nc2ccccc21. The maximum atomic E-state index is 12.9. The number of anilines is 1. The van der Waals surface area contributed by atoms with Crippen LogP contribution in [-0.2, 0) is 17.5 Å². The number of nitrogens with one attached hydrogen (secondary N) is 2. The lowest BCUT2D eigenvalue weighted by Crippen LogP contribution is -2.30. The maximum Gasteiger partial charge on any atom is 0.419 e. The van der Waals surface area contributed by atoms with Crippen LogP contribution in [-0.4, -0.2) is 39.3 Å². The number of pyridine rings is 1. The molecule has 0 spiro atoms. The fourth-order valence-electron chi connectivity index (χ4n) is 2.81. The van der Waals surface area contributed by atoms with Crippen LogP contribution >= 0.6 is 11.8 Å². The zero-order valence-corrected chi connectivity index (χ0v) is 16.5. The van der Waals surface area contributed by atoms with Crippen molar-refractivity contribution in [2.45, 2.75) is 24.8 Å². The van der Waals surface area contributed by atoms with Gasteiger partial charge in [-0.2, -0.15) is 13.2 Å². The lowest BCUT2D eigenvalue weighted by Gasteiger charge is -2.13. The summed E-state index contributed by atoms with van der Waals surface area (Å²) in [6.45, 7) is 3.05. The molecule has 10 heteroatoms. The Labute approximate surface area is 169 Å². The number of carbonyl (C=O) groups is 1.